The predicted molar refractivity (Wildman–Crippen MR) is 104 cm³/mol. The highest BCUT2D eigenvalue weighted by Crippen LogP contribution is 2.20. The smallest absolute Gasteiger partial charge is 0.485 e. The second kappa shape index (κ2) is 15.6. The molecule has 8 heteroatoms. The molecule has 0 radical (unpaired) electrons. The van der Waals surface area contributed by atoms with Gasteiger partial charge in [-0.2, -0.15) is 13.2 Å². The molecule has 0 aliphatic rings. The first kappa shape index (κ1) is 28.9. The summed E-state index contributed by atoms with van der Waals surface area (Å²) in [5.74, 6) is 0. The van der Waals surface area contributed by atoms with E-state index in [0.29, 0.717) is 0 Å². The van der Waals surface area contributed by atoms with Gasteiger partial charge in [-0.1, -0.05) is 65.2 Å². The van der Waals surface area contributed by atoms with Gasteiger partial charge in [0.2, 0.25) is 0 Å². The van der Waals surface area contributed by atoms with E-state index in [-0.39, 0.29) is 0 Å². The molecule has 0 aromatic carbocycles. The lowest BCUT2D eigenvalue weighted by Crippen LogP contribution is -2.41. The molecular weight excluding hydrogens is 379 g/mol. The van der Waals surface area contributed by atoms with Crippen LogP contribution in [0.1, 0.15) is 90.9 Å². The summed E-state index contributed by atoms with van der Waals surface area (Å²) in [6, 6.07) is 0. The lowest BCUT2D eigenvalue weighted by atomic mass is 10.1. The molecule has 0 saturated heterocycles. The second-order valence-electron chi connectivity index (χ2n) is 7.82. The minimum absolute atomic E-state index is 1.24. The third-order valence-corrected chi connectivity index (χ3v) is 5.08. The molecule has 0 aliphatic carbocycles. The van der Waals surface area contributed by atoms with Gasteiger partial charge in [-0.25, -0.2) is 8.42 Å². The number of unbranched alkanes of at least 4 members (excludes halogenated alkanes) is 10. The number of nitrogens with zero attached hydrogens (tertiary/aromatic N) is 1. The van der Waals surface area contributed by atoms with Gasteiger partial charge < -0.3 is 9.04 Å². The number of hydrogen-bond acceptors (Lipinski definition) is 3. The van der Waals surface area contributed by atoms with E-state index in [2.05, 4.69) is 27.9 Å². The van der Waals surface area contributed by atoms with Crippen molar-refractivity contribution in [2.45, 2.75) is 96.4 Å². The molecule has 0 aromatic rings. The number of halogens is 3. The van der Waals surface area contributed by atoms with E-state index in [1.165, 1.54) is 94.6 Å². The average Bonchev–Trinajstić information content (AvgIpc) is 2.53. The fourth-order valence-electron chi connectivity index (χ4n) is 2.75. The van der Waals surface area contributed by atoms with Crippen LogP contribution >= 0.6 is 0 Å². The monoisotopic (exact) mass is 419 g/mol. The normalized spacial score (nSPS) is 12.6. The summed E-state index contributed by atoms with van der Waals surface area (Å²) in [6.07, 6.45) is 17.1. The average molecular weight is 420 g/mol. The summed E-state index contributed by atoms with van der Waals surface area (Å²) in [6.45, 7) is 7.34. The molecule has 0 atom stereocenters. The Kier molecular flexibility index (Phi) is 16.6. The van der Waals surface area contributed by atoms with E-state index < -0.39 is 15.6 Å². The van der Waals surface area contributed by atoms with Gasteiger partial charge in [0.05, 0.1) is 27.2 Å². The fourth-order valence-corrected chi connectivity index (χ4v) is 2.75. The van der Waals surface area contributed by atoms with Gasteiger partial charge in [0, 0.05) is 0 Å². The van der Waals surface area contributed by atoms with Gasteiger partial charge in [-0.15, -0.1) is 0 Å². The predicted octanol–water partition coefficient (Wildman–Crippen LogP) is 5.84. The van der Waals surface area contributed by atoms with Gasteiger partial charge in [0.1, 0.15) is 0 Å². The largest absolute Gasteiger partial charge is 0.741 e. The maximum Gasteiger partial charge on any atom is 0.485 e. The summed E-state index contributed by atoms with van der Waals surface area (Å²) in [5.41, 5.74) is -5.65. The molecule has 4 nitrogen and oxygen atoms in total. The summed E-state index contributed by atoms with van der Waals surface area (Å²) >= 11 is 0. The topological polar surface area (TPSA) is 57.2 Å². The van der Waals surface area contributed by atoms with Crippen molar-refractivity contribution >= 4 is 10.1 Å². The SMILES string of the molecule is CCCCCCCC[N+](C)(C)CCCCCCCC.O=S(=O)([O-])C(F)(F)F. The van der Waals surface area contributed by atoms with E-state index >= 15 is 0 Å². The first-order valence-corrected chi connectivity index (χ1v) is 11.6. The van der Waals surface area contributed by atoms with Gasteiger partial charge >= 0.3 is 5.51 Å². The third kappa shape index (κ3) is 20.2. The van der Waals surface area contributed by atoms with Crippen molar-refractivity contribution in [3.63, 3.8) is 0 Å². The lowest BCUT2D eigenvalue weighted by Gasteiger charge is -2.30. The Bertz CT molecular complexity index is 420. The van der Waals surface area contributed by atoms with Crippen molar-refractivity contribution in [3.8, 4) is 0 Å². The molecule has 0 spiro atoms. The summed E-state index contributed by atoms with van der Waals surface area (Å²) < 4.78 is 60.1. The Morgan fingerprint density at radius 3 is 1.22 bits per heavy atom. The molecule has 0 saturated carbocycles. The highest BCUT2D eigenvalue weighted by atomic mass is 32.2. The Balaban J connectivity index is 0. The van der Waals surface area contributed by atoms with Crippen LogP contribution in [-0.4, -0.2) is 50.1 Å². The zero-order valence-corrected chi connectivity index (χ0v) is 18.4. The molecule has 0 aliphatic heterocycles. The molecule has 27 heavy (non-hydrogen) atoms. The van der Waals surface area contributed by atoms with E-state index in [4.69, 9.17) is 13.0 Å². The van der Waals surface area contributed by atoms with E-state index in [0.717, 1.165) is 0 Å². The van der Waals surface area contributed by atoms with Crippen molar-refractivity contribution in [3.05, 3.63) is 0 Å². The van der Waals surface area contributed by atoms with Crippen LogP contribution in [-0.2, 0) is 10.1 Å². The molecule has 0 unspecified atom stereocenters. The van der Waals surface area contributed by atoms with Gasteiger partial charge in [-0.3, -0.25) is 0 Å². The van der Waals surface area contributed by atoms with Crippen LogP contribution in [0.25, 0.3) is 0 Å². The van der Waals surface area contributed by atoms with Crippen molar-refractivity contribution in [2.75, 3.05) is 27.2 Å². The quantitative estimate of drug-likeness (QED) is 0.154. The van der Waals surface area contributed by atoms with E-state index in [1.54, 1.807) is 0 Å². The Morgan fingerprint density at radius 2 is 0.963 bits per heavy atom. The molecule has 166 valence electrons. The van der Waals surface area contributed by atoms with Gasteiger partial charge in [0.25, 0.3) is 0 Å². The fraction of sp³-hybridized carbons (Fsp3) is 1.00. The summed E-state index contributed by atoms with van der Waals surface area (Å²) in [5, 5.41) is 0. The molecule has 0 bridgehead atoms. The molecule has 0 fully saturated rings. The number of alkyl halides is 3. The Morgan fingerprint density at radius 1 is 0.704 bits per heavy atom. The zero-order chi connectivity index (χ0) is 21.4. The van der Waals surface area contributed by atoms with Crippen LogP contribution in [0.3, 0.4) is 0 Å². The number of hydrogen-bond donors (Lipinski definition) is 0. The highest BCUT2D eigenvalue weighted by molar-refractivity contribution is 7.86. The molecule has 0 aromatic heterocycles. The Hall–Kier alpha value is -0.340. The minimum atomic E-state index is -6.09. The van der Waals surface area contributed by atoms with Crippen LogP contribution in [0.5, 0.6) is 0 Å². The van der Waals surface area contributed by atoms with Crippen LogP contribution in [0, 0.1) is 0 Å². The van der Waals surface area contributed by atoms with Crippen LogP contribution in [0.4, 0.5) is 13.2 Å². The Labute approximate surface area is 164 Å². The van der Waals surface area contributed by atoms with Crippen LogP contribution < -0.4 is 0 Å². The van der Waals surface area contributed by atoms with E-state index in [1.807, 2.05) is 0 Å². The van der Waals surface area contributed by atoms with Crippen molar-refractivity contribution in [2.24, 2.45) is 0 Å². The lowest BCUT2D eigenvalue weighted by molar-refractivity contribution is -0.890. The maximum absolute atomic E-state index is 10.7. The number of quaternary nitrogens is 1. The van der Waals surface area contributed by atoms with Crippen molar-refractivity contribution in [1.29, 1.82) is 0 Å². The van der Waals surface area contributed by atoms with Gasteiger partial charge in [0.15, 0.2) is 10.1 Å². The van der Waals surface area contributed by atoms with Crippen molar-refractivity contribution < 1.29 is 30.6 Å². The second-order valence-corrected chi connectivity index (χ2v) is 9.19. The first-order chi connectivity index (χ1) is 12.4. The molecule has 0 N–H and O–H groups in total. The van der Waals surface area contributed by atoms with Crippen molar-refractivity contribution in [1.82, 2.24) is 0 Å². The molecule has 0 rings (SSSR count). The molecular formula is C19H40F3NO3S. The van der Waals surface area contributed by atoms with Gasteiger partial charge in [-0.05, 0) is 25.7 Å². The minimum Gasteiger partial charge on any atom is -0.741 e. The standard InChI is InChI=1S/C18H40N.CHF3O3S/c1-5-7-9-11-13-15-17-19(3,4)18-16-14-12-10-8-6-2;2-1(3,4)8(5,6)7/h5-18H2,1-4H3;(H,5,6,7)/q+1;/p-1. The highest BCUT2D eigenvalue weighted by Gasteiger charge is 2.36. The summed E-state index contributed by atoms with van der Waals surface area (Å²) in [4.78, 5) is 0. The third-order valence-electron chi connectivity index (χ3n) is 4.52. The number of rotatable bonds is 14. The van der Waals surface area contributed by atoms with Crippen LogP contribution in [0.15, 0.2) is 0 Å². The maximum atomic E-state index is 10.7. The first-order valence-electron chi connectivity index (χ1n) is 10.2. The molecule has 0 heterocycles. The van der Waals surface area contributed by atoms with E-state index in [9.17, 15) is 13.2 Å². The molecule has 0 amide bonds. The van der Waals surface area contributed by atoms with Crippen LogP contribution in [0.2, 0.25) is 0 Å². The summed E-state index contributed by atoms with van der Waals surface area (Å²) in [7, 11) is -1.26. The zero-order valence-electron chi connectivity index (χ0n) is 17.6.